The third-order valence-electron chi connectivity index (χ3n) is 2.25. The molecule has 1 amide bonds. The number of rotatable bonds is 6. The second-order valence-corrected chi connectivity index (χ2v) is 3.67. The number of nitro groups is 1. The molecule has 98 valence electrons. The molecule has 0 aliphatic heterocycles. The summed E-state index contributed by atoms with van der Waals surface area (Å²) < 4.78 is 13.6. The van der Waals surface area contributed by atoms with E-state index in [1.54, 1.807) is 0 Å². The van der Waals surface area contributed by atoms with Crippen molar-refractivity contribution in [1.82, 2.24) is 10.6 Å². The van der Waals surface area contributed by atoms with Crippen molar-refractivity contribution in [3.05, 3.63) is 39.7 Å². The number of carbonyl (C=O) groups excluding carboxylic acids is 1. The van der Waals surface area contributed by atoms with Crippen LogP contribution in [-0.2, 0) is 11.3 Å². The molecule has 18 heavy (non-hydrogen) atoms. The molecule has 0 atom stereocenters. The highest BCUT2D eigenvalue weighted by Gasteiger charge is 2.16. The molecule has 0 aliphatic carbocycles. The van der Waals surface area contributed by atoms with E-state index in [1.807, 2.05) is 0 Å². The van der Waals surface area contributed by atoms with Crippen molar-refractivity contribution < 1.29 is 14.1 Å². The van der Waals surface area contributed by atoms with Gasteiger partial charge in [-0.3, -0.25) is 14.9 Å². The van der Waals surface area contributed by atoms with Crippen molar-refractivity contribution in [3.63, 3.8) is 0 Å². The summed E-state index contributed by atoms with van der Waals surface area (Å²) in [4.78, 5) is 20.3. The first-order valence-corrected chi connectivity index (χ1v) is 5.39. The Morgan fingerprint density at radius 1 is 1.44 bits per heavy atom. The predicted molar refractivity (Wildman–Crippen MR) is 63.4 cm³/mol. The lowest BCUT2D eigenvalue weighted by Gasteiger charge is -2.06. The summed E-state index contributed by atoms with van der Waals surface area (Å²) in [5.74, 6) is -0.965. The second-order valence-electron chi connectivity index (χ2n) is 3.67. The average molecular weight is 255 g/mol. The van der Waals surface area contributed by atoms with Crippen molar-refractivity contribution in [3.8, 4) is 0 Å². The molecule has 0 saturated heterocycles. The number of nitrogens with zero attached hydrogens (tertiary/aromatic N) is 1. The van der Waals surface area contributed by atoms with Crippen LogP contribution in [0.2, 0.25) is 0 Å². The highest BCUT2D eigenvalue weighted by Crippen LogP contribution is 2.19. The molecule has 0 heterocycles. The van der Waals surface area contributed by atoms with E-state index in [0.29, 0.717) is 13.1 Å². The molecule has 6 nitrogen and oxygen atoms in total. The van der Waals surface area contributed by atoms with E-state index in [9.17, 15) is 19.3 Å². The number of carbonyl (C=O) groups is 1. The number of halogens is 1. The fourth-order valence-electron chi connectivity index (χ4n) is 1.39. The monoisotopic (exact) mass is 255 g/mol. The third-order valence-corrected chi connectivity index (χ3v) is 2.25. The standard InChI is InChI=1S/C11H14FN3O3/c1-8(16)14-6-5-13-7-9-3-2-4-10(11(9)12)15(17)18/h2-4,13H,5-7H2,1H3,(H,14,16). The topological polar surface area (TPSA) is 84.3 Å². The van der Waals surface area contributed by atoms with Crippen molar-refractivity contribution >= 4 is 11.6 Å². The van der Waals surface area contributed by atoms with Crippen molar-refractivity contribution in [1.29, 1.82) is 0 Å². The minimum absolute atomic E-state index is 0.140. The average Bonchev–Trinajstić information content (AvgIpc) is 2.30. The molecule has 0 aliphatic rings. The first-order valence-electron chi connectivity index (χ1n) is 5.39. The zero-order valence-electron chi connectivity index (χ0n) is 9.90. The van der Waals surface area contributed by atoms with E-state index in [0.717, 1.165) is 6.07 Å². The van der Waals surface area contributed by atoms with E-state index in [1.165, 1.54) is 19.1 Å². The maximum absolute atomic E-state index is 13.6. The molecular formula is C11H14FN3O3. The molecule has 0 bridgehead atoms. The minimum atomic E-state index is -0.825. The Kier molecular flexibility index (Phi) is 5.19. The van der Waals surface area contributed by atoms with Crippen molar-refractivity contribution in [2.45, 2.75) is 13.5 Å². The van der Waals surface area contributed by atoms with Crippen LogP contribution in [0.5, 0.6) is 0 Å². The number of amides is 1. The first-order chi connectivity index (χ1) is 8.52. The summed E-state index contributed by atoms with van der Waals surface area (Å²) in [6, 6.07) is 4.04. The molecule has 0 spiro atoms. The molecular weight excluding hydrogens is 241 g/mol. The van der Waals surface area contributed by atoms with Crippen LogP contribution in [0.15, 0.2) is 18.2 Å². The first kappa shape index (κ1) is 14.0. The molecule has 0 saturated carbocycles. The van der Waals surface area contributed by atoms with E-state index in [-0.39, 0.29) is 18.0 Å². The fourth-order valence-corrected chi connectivity index (χ4v) is 1.39. The van der Waals surface area contributed by atoms with E-state index < -0.39 is 16.4 Å². The second kappa shape index (κ2) is 6.65. The van der Waals surface area contributed by atoms with Crippen LogP contribution in [-0.4, -0.2) is 23.9 Å². The summed E-state index contributed by atoms with van der Waals surface area (Å²) in [7, 11) is 0. The Balaban J connectivity index is 2.50. The van der Waals surface area contributed by atoms with Crippen molar-refractivity contribution in [2.24, 2.45) is 0 Å². The highest BCUT2D eigenvalue weighted by atomic mass is 19.1. The van der Waals surface area contributed by atoms with Crippen molar-refractivity contribution in [2.75, 3.05) is 13.1 Å². The van der Waals surface area contributed by atoms with E-state index in [2.05, 4.69) is 10.6 Å². The highest BCUT2D eigenvalue weighted by molar-refractivity contribution is 5.72. The van der Waals surface area contributed by atoms with Gasteiger partial charge in [-0.1, -0.05) is 12.1 Å². The summed E-state index contributed by atoms with van der Waals surface area (Å²) in [5, 5.41) is 16.0. The van der Waals surface area contributed by atoms with Gasteiger partial charge >= 0.3 is 5.69 Å². The van der Waals surface area contributed by atoms with Gasteiger partial charge in [0.1, 0.15) is 0 Å². The summed E-state index contributed by atoms with van der Waals surface area (Å²) in [6.45, 7) is 2.46. The van der Waals surface area contributed by atoms with Gasteiger partial charge in [-0.05, 0) is 0 Å². The number of hydrogen-bond acceptors (Lipinski definition) is 4. The predicted octanol–water partition coefficient (Wildman–Crippen LogP) is 0.960. The maximum atomic E-state index is 13.6. The lowest BCUT2D eigenvalue weighted by Crippen LogP contribution is -2.30. The molecule has 0 unspecified atom stereocenters. The molecule has 0 radical (unpaired) electrons. The van der Waals surface area contributed by atoms with Crippen LogP contribution in [0.25, 0.3) is 0 Å². The molecule has 0 fully saturated rings. The van der Waals surface area contributed by atoms with Crippen LogP contribution in [0.4, 0.5) is 10.1 Å². The Bertz CT molecular complexity index is 451. The van der Waals surface area contributed by atoms with Gasteiger partial charge in [-0.15, -0.1) is 0 Å². The summed E-state index contributed by atoms with van der Waals surface area (Å²) in [5.41, 5.74) is -0.303. The van der Waals surface area contributed by atoms with Gasteiger partial charge in [0.05, 0.1) is 4.92 Å². The summed E-state index contributed by atoms with van der Waals surface area (Å²) >= 11 is 0. The number of hydrogen-bond donors (Lipinski definition) is 2. The largest absolute Gasteiger partial charge is 0.355 e. The number of benzene rings is 1. The van der Waals surface area contributed by atoms with Gasteiger partial charge in [-0.2, -0.15) is 4.39 Å². The van der Waals surface area contributed by atoms with Gasteiger partial charge in [0.2, 0.25) is 11.7 Å². The normalized spacial score (nSPS) is 10.1. The number of nitrogens with one attached hydrogen (secondary N) is 2. The van der Waals surface area contributed by atoms with Gasteiger partial charge in [0, 0.05) is 38.2 Å². The van der Waals surface area contributed by atoms with Crippen LogP contribution < -0.4 is 10.6 Å². The van der Waals surface area contributed by atoms with Gasteiger partial charge in [0.15, 0.2) is 0 Å². The fraction of sp³-hybridized carbons (Fsp3) is 0.364. The zero-order valence-corrected chi connectivity index (χ0v) is 9.90. The molecule has 1 aromatic carbocycles. The Morgan fingerprint density at radius 2 is 2.17 bits per heavy atom. The Morgan fingerprint density at radius 3 is 2.78 bits per heavy atom. The van der Waals surface area contributed by atoms with Gasteiger partial charge in [-0.25, -0.2) is 0 Å². The molecule has 2 N–H and O–H groups in total. The lowest BCUT2D eigenvalue weighted by molar-refractivity contribution is -0.387. The smallest absolute Gasteiger partial charge is 0.305 e. The van der Waals surface area contributed by atoms with Gasteiger partial charge < -0.3 is 10.6 Å². The SMILES string of the molecule is CC(=O)NCCNCc1cccc([N+](=O)[O-])c1F. The molecule has 0 aromatic heterocycles. The maximum Gasteiger partial charge on any atom is 0.305 e. The Hall–Kier alpha value is -2.02. The zero-order chi connectivity index (χ0) is 13.5. The van der Waals surface area contributed by atoms with Crippen LogP contribution in [0, 0.1) is 15.9 Å². The van der Waals surface area contributed by atoms with Crippen LogP contribution in [0.3, 0.4) is 0 Å². The number of nitro benzene ring substituents is 1. The molecule has 1 aromatic rings. The van der Waals surface area contributed by atoms with E-state index in [4.69, 9.17) is 0 Å². The third kappa shape index (κ3) is 4.10. The van der Waals surface area contributed by atoms with E-state index >= 15 is 0 Å². The quantitative estimate of drug-likeness (QED) is 0.450. The minimum Gasteiger partial charge on any atom is -0.355 e. The summed E-state index contributed by atoms with van der Waals surface area (Å²) in [6.07, 6.45) is 0. The lowest BCUT2D eigenvalue weighted by atomic mass is 10.2. The van der Waals surface area contributed by atoms with Crippen LogP contribution in [0.1, 0.15) is 12.5 Å². The Labute approximate surface area is 103 Å². The van der Waals surface area contributed by atoms with Crippen LogP contribution >= 0.6 is 0 Å². The molecule has 7 heteroatoms. The molecule has 1 rings (SSSR count). The van der Waals surface area contributed by atoms with Gasteiger partial charge in [0.25, 0.3) is 0 Å².